The first-order valence-electron chi connectivity index (χ1n) is 7.52. The molecule has 126 valence electrons. The van der Waals surface area contributed by atoms with E-state index in [0.717, 1.165) is 16.9 Å². The van der Waals surface area contributed by atoms with Crippen molar-refractivity contribution < 1.29 is 23.7 Å². The van der Waals surface area contributed by atoms with Crippen LogP contribution >= 0.6 is 0 Å². The first-order chi connectivity index (χ1) is 11.6. The number of rotatable bonds is 5. The quantitative estimate of drug-likeness (QED) is 0.913. The Morgan fingerprint density at radius 3 is 2.67 bits per heavy atom. The SMILES string of the molecule is COc1ccc(C(=O)NCc2ccc3c(c2)OCO3)c(OC)c1C. The van der Waals surface area contributed by atoms with Gasteiger partial charge in [-0.1, -0.05) is 6.07 Å². The Labute approximate surface area is 140 Å². The fourth-order valence-electron chi connectivity index (χ4n) is 2.67. The fraction of sp³-hybridized carbons (Fsp3) is 0.278. The van der Waals surface area contributed by atoms with E-state index in [1.807, 2.05) is 25.1 Å². The molecule has 2 aromatic rings. The average Bonchev–Trinajstić information content (AvgIpc) is 3.07. The second-order valence-electron chi connectivity index (χ2n) is 5.34. The third-order valence-corrected chi connectivity index (χ3v) is 3.91. The van der Waals surface area contributed by atoms with Gasteiger partial charge in [0.1, 0.15) is 11.5 Å². The van der Waals surface area contributed by atoms with Gasteiger partial charge in [0.15, 0.2) is 11.5 Å². The molecule has 6 heteroatoms. The van der Waals surface area contributed by atoms with Crippen LogP contribution in [0.25, 0.3) is 0 Å². The van der Waals surface area contributed by atoms with Crippen LogP contribution in [0.2, 0.25) is 0 Å². The van der Waals surface area contributed by atoms with Crippen molar-refractivity contribution in [3.8, 4) is 23.0 Å². The van der Waals surface area contributed by atoms with Gasteiger partial charge < -0.3 is 24.3 Å². The molecule has 0 bridgehead atoms. The predicted octanol–water partition coefficient (Wildman–Crippen LogP) is 2.67. The van der Waals surface area contributed by atoms with E-state index in [0.29, 0.717) is 29.4 Å². The van der Waals surface area contributed by atoms with Crippen LogP contribution in [0, 0.1) is 6.92 Å². The van der Waals surface area contributed by atoms with Crippen LogP contribution in [0.3, 0.4) is 0 Å². The van der Waals surface area contributed by atoms with Crippen molar-refractivity contribution in [2.24, 2.45) is 0 Å². The molecule has 0 saturated carbocycles. The molecule has 2 aromatic carbocycles. The van der Waals surface area contributed by atoms with E-state index >= 15 is 0 Å². The zero-order valence-corrected chi connectivity index (χ0v) is 13.8. The summed E-state index contributed by atoms with van der Waals surface area (Å²) < 4.78 is 21.2. The topological polar surface area (TPSA) is 66.0 Å². The molecule has 6 nitrogen and oxygen atoms in total. The number of amides is 1. The van der Waals surface area contributed by atoms with Gasteiger partial charge in [0.2, 0.25) is 6.79 Å². The van der Waals surface area contributed by atoms with E-state index in [1.54, 1.807) is 19.2 Å². The number of methoxy groups -OCH3 is 2. The van der Waals surface area contributed by atoms with Crippen LogP contribution in [0.1, 0.15) is 21.5 Å². The number of hydrogen-bond acceptors (Lipinski definition) is 5. The van der Waals surface area contributed by atoms with E-state index in [2.05, 4.69) is 5.32 Å². The van der Waals surface area contributed by atoms with Gasteiger partial charge in [-0.2, -0.15) is 0 Å². The van der Waals surface area contributed by atoms with Crippen molar-refractivity contribution in [3.05, 3.63) is 47.0 Å². The van der Waals surface area contributed by atoms with Crippen molar-refractivity contribution in [2.45, 2.75) is 13.5 Å². The lowest BCUT2D eigenvalue weighted by atomic mass is 10.1. The highest BCUT2D eigenvalue weighted by molar-refractivity contribution is 5.97. The molecule has 0 saturated heterocycles. The maximum absolute atomic E-state index is 12.5. The Kier molecular flexibility index (Phi) is 4.46. The summed E-state index contributed by atoms with van der Waals surface area (Å²) in [4.78, 5) is 12.5. The lowest BCUT2D eigenvalue weighted by Crippen LogP contribution is -2.23. The van der Waals surface area contributed by atoms with E-state index in [9.17, 15) is 4.79 Å². The van der Waals surface area contributed by atoms with Crippen molar-refractivity contribution in [3.63, 3.8) is 0 Å². The molecule has 0 aliphatic carbocycles. The maximum Gasteiger partial charge on any atom is 0.255 e. The van der Waals surface area contributed by atoms with E-state index in [4.69, 9.17) is 18.9 Å². The first kappa shape index (κ1) is 16.0. The first-order valence-corrected chi connectivity index (χ1v) is 7.52. The summed E-state index contributed by atoms with van der Waals surface area (Å²) in [6.45, 7) is 2.46. The number of nitrogens with one attached hydrogen (secondary N) is 1. The minimum Gasteiger partial charge on any atom is -0.496 e. The number of carbonyl (C=O) groups excluding carboxylic acids is 1. The molecule has 0 radical (unpaired) electrons. The highest BCUT2D eigenvalue weighted by Crippen LogP contribution is 2.33. The molecule has 1 aliphatic rings. The van der Waals surface area contributed by atoms with Gasteiger partial charge in [0.05, 0.1) is 19.8 Å². The molecule has 1 amide bonds. The van der Waals surface area contributed by atoms with Gasteiger partial charge in [0.25, 0.3) is 5.91 Å². The molecule has 0 spiro atoms. The molecule has 0 aromatic heterocycles. The Hall–Kier alpha value is -2.89. The summed E-state index contributed by atoms with van der Waals surface area (Å²) in [7, 11) is 3.12. The minimum atomic E-state index is -0.213. The summed E-state index contributed by atoms with van der Waals surface area (Å²) in [5, 5.41) is 2.89. The third-order valence-electron chi connectivity index (χ3n) is 3.91. The standard InChI is InChI=1S/C18H19NO5/c1-11-14(21-2)7-5-13(17(11)22-3)18(20)19-9-12-4-6-15-16(8-12)24-10-23-15/h4-8H,9-10H2,1-3H3,(H,19,20). The van der Waals surface area contributed by atoms with E-state index in [-0.39, 0.29) is 12.7 Å². The van der Waals surface area contributed by atoms with Crippen molar-refractivity contribution >= 4 is 5.91 Å². The van der Waals surface area contributed by atoms with Crippen molar-refractivity contribution in [2.75, 3.05) is 21.0 Å². The summed E-state index contributed by atoms with van der Waals surface area (Å²) in [5.74, 6) is 2.39. The van der Waals surface area contributed by atoms with Gasteiger partial charge in [-0.3, -0.25) is 4.79 Å². The fourth-order valence-corrected chi connectivity index (χ4v) is 2.67. The number of ether oxygens (including phenoxy) is 4. The number of carbonyl (C=O) groups is 1. The van der Waals surface area contributed by atoms with Crippen LogP contribution in [-0.4, -0.2) is 26.9 Å². The molecule has 1 N–H and O–H groups in total. The number of hydrogen-bond donors (Lipinski definition) is 1. The number of fused-ring (bicyclic) bond motifs is 1. The van der Waals surface area contributed by atoms with Gasteiger partial charge in [-0.25, -0.2) is 0 Å². The maximum atomic E-state index is 12.5. The van der Waals surface area contributed by atoms with Crippen LogP contribution in [0.4, 0.5) is 0 Å². The summed E-state index contributed by atoms with van der Waals surface area (Å²) in [6, 6.07) is 9.04. The monoisotopic (exact) mass is 329 g/mol. The molecule has 1 aliphatic heterocycles. The van der Waals surface area contributed by atoms with E-state index in [1.165, 1.54) is 7.11 Å². The molecule has 0 fully saturated rings. The Bertz CT molecular complexity index is 772. The minimum absolute atomic E-state index is 0.213. The van der Waals surface area contributed by atoms with Gasteiger partial charge in [0, 0.05) is 12.1 Å². The van der Waals surface area contributed by atoms with Gasteiger partial charge >= 0.3 is 0 Å². The largest absolute Gasteiger partial charge is 0.496 e. The molecule has 1 heterocycles. The zero-order valence-electron chi connectivity index (χ0n) is 13.8. The lowest BCUT2D eigenvalue weighted by molar-refractivity contribution is 0.0947. The van der Waals surface area contributed by atoms with Gasteiger partial charge in [-0.15, -0.1) is 0 Å². The zero-order chi connectivity index (χ0) is 17.1. The van der Waals surface area contributed by atoms with Crippen LogP contribution in [0.5, 0.6) is 23.0 Å². The van der Waals surface area contributed by atoms with Crippen LogP contribution in [-0.2, 0) is 6.54 Å². The normalized spacial score (nSPS) is 12.0. The van der Waals surface area contributed by atoms with Crippen LogP contribution < -0.4 is 24.3 Å². The second-order valence-corrected chi connectivity index (χ2v) is 5.34. The Morgan fingerprint density at radius 2 is 1.92 bits per heavy atom. The summed E-state index contributed by atoms with van der Waals surface area (Å²) in [6.07, 6.45) is 0. The van der Waals surface area contributed by atoms with Crippen molar-refractivity contribution in [1.82, 2.24) is 5.32 Å². The van der Waals surface area contributed by atoms with E-state index < -0.39 is 0 Å². The summed E-state index contributed by atoms with van der Waals surface area (Å²) >= 11 is 0. The molecule has 0 atom stereocenters. The smallest absolute Gasteiger partial charge is 0.255 e. The molecular formula is C18H19NO5. The Morgan fingerprint density at radius 1 is 1.12 bits per heavy atom. The lowest BCUT2D eigenvalue weighted by Gasteiger charge is -2.14. The molecule has 24 heavy (non-hydrogen) atoms. The highest BCUT2D eigenvalue weighted by Gasteiger charge is 2.18. The predicted molar refractivity (Wildman–Crippen MR) is 88.0 cm³/mol. The highest BCUT2D eigenvalue weighted by atomic mass is 16.7. The third kappa shape index (κ3) is 2.95. The van der Waals surface area contributed by atoms with Crippen LogP contribution in [0.15, 0.2) is 30.3 Å². The molecule has 3 rings (SSSR count). The Balaban J connectivity index is 1.74. The van der Waals surface area contributed by atoms with Gasteiger partial charge in [-0.05, 0) is 36.8 Å². The second kappa shape index (κ2) is 6.70. The summed E-state index contributed by atoms with van der Waals surface area (Å²) in [5.41, 5.74) is 2.18. The average molecular weight is 329 g/mol. The van der Waals surface area contributed by atoms with Crippen molar-refractivity contribution in [1.29, 1.82) is 0 Å². The molecule has 0 unspecified atom stereocenters. The molecular weight excluding hydrogens is 310 g/mol. The number of benzene rings is 2.